The normalized spacial score (nSPS) is 14.4. The van der Waals surface area contributed by atoms with Gasteiger partial charge in [0.05, 0.1) is 0 Å². The maximum absolute atomic E-state index is 8.82. The second kappa shape index (κ2) is 8.28. The Bertz CT molecular complexity index is 320. The number of aliphatic hydroxyl groups is 1. The van der Waals surface area contributed by atoms with Crippen LogP contribution in [0.5, 0.6) is 0 Å². The molecule has 0 aliphatic carbocycles. The Morgan fingerprint density at radius 1 is 1.17 bits per heavy atom. The summed E-state index contributed by atoms with van der Waals surface area (Å²) in [5.41, 5.74) is 2.76. The fraction of sp³-hybridized carbons (Fsp3) is 0.625. The molecule has 0 radical (unpaired) electrons. The van der Waals surface area contributed by atoms with E-state index in [4.69, 9.17) is 5.11 Å². The van der Waals surface area contributed by atoms with Crippen molar-refractivity contribution in [2.75, 3.05) is 6.61 Å². The molecule has 0 aromatic heterocycles. The third kappa shape index (κ3) is 5.19. The topological polar surface area (TPSA) is 32.3 Å². The Hall–Kier alpha value is -0.860. The Labute approximate surface area is 111 Å². The predicted molar refractivity (Wildman–Crippen MR) is 77.8 cm³/mol. The molecule has 0 fully saturated rings. The molecule has 0 heterocycles. The Morgan fingerprint density at radius 2 is 1.83 bits per heavy atom. The van der Waals surface area contributed by atoms with Gasteiger partial charge in [0.1, 0.15) is 0 Å². The van der Waals surface area contributed by atoms with Crippen LogP contribution in [0.3, 0.4) is 0 Å². The first-order valence-corrected chi connectivity index (χ1v) is 7.13. The van der Waals surface area contributed by atoms with E-state index in [1.54, 1.807) is 0 Å². The number of aryl methyl sites for hydroxylation is 1. The molecule has 0 saturated carbocycles. The summed E-state index contributed by atoms with van der Waals surface area (Å²) in [6, 6.07) is 9.73. The van der Waals surface area contributed by atoms with Crippen LogP contribution in [0.15, 0.2) is 24.3 Å². The second-order valence-electron chi connectivity index (χ2n) is 5.15. The maximum Gasteiger partial charge on any atom is 0.0431 e. The molecular formula is C16H27NO. The van der Waals surface area contributed by atoms with E-state index in [1.807, 2.05) is 0 Å². The molecule has 0 bridgehead atoms. The van der Waals surface area contributed by atoms with Crippen molar-refractivity contribution in [1.29, 1.82) is 0 Å². The first-order chi connectivity index (χ1) is 8.67. The molecular weight excluding hydrogens is 222 g/mol. The Balaban J connectivity index is 2.47. The van der Waals surface area contributed by atoms with Gasteiger partial charge < -0.3 is 10.4 Å². The van der Waals surface area contributed by atoms with Gasteiger partial charge in [0, 0.05) is 18.7 Å². The summed E-state index contributed by atoms with van der Waals surface area (Å²) < 4.78 is 0. The smallest absolute Gasteiger partial charge is 0.0431 e. The summed E-state index contributed by atoms with van der Waals surface area (Å²) >= 11 is 0. The van der Waals surface area contributed by atoms with Gasteiger partial charge in [-0.1, -0.05) is 37.6 Å². The minimum atomic E-state index is 0.284. The van der Waals surface area contributed by atoms with Crippen LogP contribution in [0.2, 0.25) is 0 Å². The molecule has 2 heteroatoms. The molecule has 0 amide bonds. The van der Waals surface area contributed by atoms with Crippen molar-refractivity contribution in [2.45, 2.75) is 58.5 Å². The van der Waals surface area contributed by atoms with Crippen molar-refractivity contribution in [3.05, 3.63) is 35.4 Å². The van der Waals surface area contributed by atoms with Gasteiger partial charge in [0.25, 0.3) is 0 Å². The van der Waals surface area contributed by atoms with E-state index in [9.17, 15) is 0 Å². The van der Waals surface area contributed by atoms with Crippen LogP contribution in [0.4, 0.5) is 0 Å². The molecule has 0 aliphatic heterocycles. The number of hydrogen-bond donors (Lipinski definition) is 2. The molecule has 0 spiro atoms. The number of hydrogen-bond acceptors (Lipinski definition) is 2. The van der Waals surface area contributed by atoms with Gasteiger partial charge in [-0.3, -0.25) is 0 Å². The molecule has 2 unspecified atom stereocenters. The third-order valence-electron chi connectivity index (χ3n) is 3.35. The van der Waals surface area contributed by atoms with Gasteiger partial charge >= 0.3 is 0 Å². The zero-order chi connectivity index (χ0) is 13.4. The van der Waals surface area contributed by atoms with Gasteiger partial charge in [-0.25, -0.2) is 0 Å². The average Bonchev–Trinajstić information content (AvgIpc) is 2.37. The van der Waals surface area contributed by atoms with Crippen LogP contribution >= 0.6 is 0 Å². The number of benzene rings is 1. The van der Waals surface area contributed by atoms with E-state index in [0.29, 0.717) is 12.1 Å². The van der Waals surface area contributed by atoms with Crippen molar-refractivity contribution >= 4 is 0 Å². The largest absolute Gasteiger partial charge is 0.396 e. The predicted octanol–water partition coefficient (Wildman–Crippen LogP) is 3.45. The van der Waals surface area contributed by atoms with Crippen molar-refractivity contribution in [3.63, 3.8) is 0 Å². The Morgan fingerprint density at radius 3 is 2.39 bits per heavy atom. The molecule has 1 aromatic carbocycles. The van der Waals surface area contributed by atoms with Crippen LogP contribution in [-0.2, 0) is 6.42 Å². The highest BCUT2D eigenvalue weighted by atomic mass is 16.2. The number of nitrogens with one attached hydrogen (secondary N) is 1. The van der Waals surface area contributed by atoms with Crippen molar-refractivity contribution in [3.8, 4) is 0 Å². The van der Waals surface area contributed by atoms with Crippen molar-refractivity contribution in [1.82, 2.24) is 5.32 Å². The third-order valence-corrected chi connectivity index (χ3v) is 3.35. The monoisotopic (exact) mass is 249 g/mol. The van der Waals surface area contributed by atoms with Crippen molar-refractivity contribution < 1.29 is 5.11 Å². The molecule has 0 aliphatic rings. The van der Waals surface area contributed by atoms with E-state index >= 15 is 0 Å². The molecule has 18 heavy (non-hydrogen) atoms. The number of rotatable bonds is 8. The summed E-state index contributed by atoms with van der Waals surface area (Å²) in [4.78, 5) is 0. The SMILES string of the molecule is CCCc1ccc(C(C)NC(C)CCCO)cc1. The molecule has 2 atom stereocenters. The van der Waals surface area contributed by atoms with E-state index in [2.05, 4.69) is 50.4 Å². The van der Waals surface area contributed by atoms with E-state index in [1.165, 1.54) is 17.5 Å². The van der Waals surface area contributed by atoms with Gasteiger partial charge in [-0.05, 0) is 44.2 Å². The van der Waals surface area contributed by atoms with Crippen molar-refractivity contribution in [2.24, 2.45) is 0 Å². The van der Waals surface area contributed by atoms with Crippen LogP contribution < -0.4 is 5.32 Å². The highest BCUT2D eigenvalue weighted by molar-refractivity contribution is 5.24. The van der Waals surface area contributed by atoms with E-state index in [-0.39, 0.29) is 6.61 Å². The molecule has 0 saturated heterocycles. The van der Waals surface area contributed by atoms with Gasteiger partial charge in [0.15, 0.2) is 0 Å². The average molecular weight is 249 g/mol. The maximum atomic E-state index is 8.82. The van der Waals surface area contributed by atoms with E-state index in [0.717, 1.165) is 19.3 Å². The van der Waals surface area contributed by atoms with Gasteiger partial charge in [0.2, 0.25) is 0 Å². The standard InChI is InChI=1S/C16H27NO/c1-4-6-15-8-10-16(11-9-15)14(3)17-13(2)7-5-12-18/h8-11,13-14,17-18H,4-7,12H2,1-3H3. The molecule has 2 nitrogen and oxygen atoms in total. The van der Waals surface area contributed by atoms with Gasteiger partial charge in [-0.2, -0.15) is 0 Å². The zero-order valence-electron chi connectivity index (χ0n) is 11.9. The van der Waals surface area contributed by atoms with Crippen LogP contribution in [-0.4, -0.2) is 17.8 Å². The lowest BCUT2D eigenvalue weighted by Gasteiger charge is -2.20. The summed E-state index contributed by atoms with van der Waals surface area (Å²) in [5, 5.41) is 12.4. The first-order valence-electron chi connectivity index (χ1n) is 7.13. The summed E-state index contributed by atoms with van der Waals surface area (Å²) in [7, 11) is 0. The Kier molecular flexibility index (Phi) is 6.99. The van der Waals surface area contributed by atoms with Crippen LogP contribution in [0, 0.1) is 0 Å². The molecule has 1 rings (SSSR count). The summed E-state index contributed by atoms with van der Waals surface area (Å²) in [5.74, 6) is 0. The van der Waals surface area contributed by atoms with Gasteiger partial charge in [-0.15, -0.1) is 0 Å². The minimum Gasteiger partial charge on any atom is -0.396 e. The lowest BCUT2D eigenvalue weighted by atomic mass is 10.0. The minimum absolute atomic E-state index is 0.284. The molecule has 2 N–H and O–H groups in total. The number of aliphatic hydroxyl groups excluding tert-OH is 1. The zero-order valence-corrected chi connectivity index (χ0v) is 11.9. The summed E-state index contributed by atoms with van der Waals surface area (Å²) in [6.07, 6.45) is 4.26. The summed E-state index contributed by atoms with van der Waals surface area (Å²) in [6.45, 7) is 6.87. The van der Waals surface area contributed by atoms with E-state index < -0.39 is 0 Å². The van der Waals surface area contributed by atoms with Crippen LogP contribution in [0.25, 0.3) is 0 Å². The quantitative estimate of drug-likeness (QED) is 0.739. The molecule has 1 aromatic rings. The highest BCUT2D eigenvalue weighted by Crippen LogP contribution is 2.15. The highest BCUT2D eigenvalue weighted by Gasteiger charge is 2.08. The first kappa shape index (κ1) is 15.2. The fourth-order valence-electron chi connectivity index (χ4n) is 2.27. The fourth-order valence-corrected chi connectivity index (χ4v) is 2.27. The second-order valence-corrected chi connectivity index (χ2v) is 5.15. The molecule has 102 valence electrons. The van der Waals surface area contributed by atoms with Crippen LogP contribution in [0.1, 0.15) is 57.2 Å². The lowest BCUT2D eigenvalue weighted by molar-refractivity contribution is 0.274. The lowest BCUT2D eigenvalue weighted by Crippen LogP contribution is -2.29.